The number of nitrogens with zero attached hydrogens (tertiary/aromatic N) is 2. The Kier molecular flexibility index (Phi) is 5.02. The fraction of sp³-hybridized carbons (Fsp3) is 0.200. The van der Waals surface area contributed by atoms with E-state index in [2.05, 4.69) is 9.72 Å². The van der Waals surface area contributed by atoms with Gasteiger partial charge in [-0.2, -0.15) is 0 Å². The highest BCUT2D eigenvalue weighted by Gasteiger charge is 2.04. The Morgan fingerprint density at radius 1 is 1.23 bits per heavy atom. The van der Waals surface area contributed by atoms with Gasteiger partial charge in [-0.15, -0.1) is 0 Å². The fourth-order valence-corrected chi connectivity index (χ4v) is 1.76. The lowest BCUT2D eigenvalue weighted by Gasteiger charge is -2.06. The molecule has 7 heteroatoms. The van der Waals surface area contributed by atoms with Crippen LogP contribution in [-0.4, -0.2) is 35.2 Å². The van der Waals surface area contributed by atoms with Crippen molar-refractivity contribution < 1.29 is 19.1 Å². The average molecular weight is 302 g/mol. The van der Waals surface area contributed by atoms with Crippen LogP contribution < -0.4 is 5.56 Å². The van der Waals surface area contributed by atoms with Crippen LogP contribution in [0.25, 0.3) is 10.9 Å². The molecule has 0 saturated carbocycles. The van der Waals surface area contributed by atoms with Gasteiger partial charge in [-0.25, -0.2) is 14.6 Å². The number of benzene rings is 1. The van der Waals surface area contributed by atoms with E-state index in [4.69, 9.17) is 4.74 Å². The number of methoxy groups -OCH3 is 1. The molecular formula is C15H14N2O5. The molecule has 1 aromatic carbocycles. The smallest absolute Gasteiger partial charge is 0.331 e. The molecule has 0 unspecified atom stereocenters. The van der Waals surface area contributed by atoms with Crippen molar-refractivity contribution in [3.63, 3.8) is 0 Å². The number of carbonyl (C=O) groups excluding carboxylic acids is 2. The molecule has 0 aliphatic carbocycles. The Morgan fingerprint density at radius 2 is 1.95 bits per heavy atom. The number of carbonyl (C=O) groups is 2. The summed E-state index contributed by atoms with van der Waals surface area (Å²) in [6.45, 7) is 0.165. The van der Waals surface area contributed by atoms with Crippen molar-refractivity contribution in [2.24, 2.45) is 0 Å². The minimum absolute atomic E-state index is 0.00965. The number of esters is 2. The predicted octanol–water partition coefficient (Wildman–Crippen LogP) is 0.669. The van der Waals surface area contributed by atoms with Crippen LogP contribution in [0.3, 0.4) is 0 Å². The second kappa shape index (κ2) is 7.16. The molecule has 0 saturated heterocycles. The van der Waals surface area contributed by atoms with Crippen LogP contribution in [0.5, 0.6) is 0 Å². The lowest BCUT2D eigenvalue weighted by atomic mass is 10.2. The zero-order valence-corrected chi connectivity index (χ0v) is 11.9. The number of aromatic nitrogens is 2. The largest absolute Gasteiger partial charge is 0.466 e. The lowest BCUT2D eigenvalue weighted by Crippen LogP contribution is -2.23. The van der Waals surface area contributed by atoms with Crippen LogP contribution >= 0.6 is 0 Å². The first-order chi connectivity index (χ1) is 10.6. The Morgan fingerprint density at radius 3 is 2.73 bits per heavy atom. The van der Waals surface area contributed by atoms with Gasteiger partial charge >= 0.3 is 11.9 Å². The summed E-state index contributed by atoms with van der Waals surface area (Å²) in [4.78, 5) is 38.5. The van der Waals surface area contributed by atoms with Gasteiger partial charge in [0.15, 0.2) is 0 Å². The van der Waals surface area contributed by atoms with Gasteiger partial charge in [-0.05, 0) is 12.1 Å². The summed E-state index contributed by atoms with van der Waals surface area (Å²) in [7, 11) is 1.21. The van der Waals surface area contributed by atoms with Crippen molar-refractivity contribution >= 4 is 22.8 Å². The Balaban J connectivity index is 1.97. The number of hydrogen-bond acceptors (Lipinski definition) is 6. The number of hydrogen-bond donors (Lipinski definition) is 0. The maximum atomic E-state index is 12.2. The van der Waals surface area contributed by atoms with Crippen LogP contribution in [0, 0.1) is 0 Å². The molecule has 1 heterocycles. The first kappa shape index (κ1) is 15.4. The van der Waals surface area contributed by atoms with Crippen molar-refractivity contribution in [1.82, 2.24) is 9.55 Å². The van der Waals surface area contributed by atoms with Crippen LogP contribution in [0.2, 0.25) is 0 Å². The Bertz CT molecular complexity index is 779. The summed E-state index contributed by atoms with van der Waals surface area (Å²) >= 11 is 0. The SMILES string of the molecule is COC(=O)/C=C/C(=O)OCCn1cnc2ccccc2c1=O. The molecule has 0 bridgehead atoms. The predicted molar refractivity (Wildman–Crippen MR) is 78.1 cm³/mol. The van der Waals surface area contributed by atoms with Gasteiger partial charge < -0.3 is 9.47 Å². The van der Waals surface area contributed by atoms with E-state index in [1.54, 1.807) is 24.3 Å². The van der Waals surface area contributed by atoms with E-state index in [1.807, 2.05) is 0 Å². The monoisotopic (exact) mass is 302 g/mol. The molecule has 0 N–H and O–H groups in total. The molecule has 0 radical (unpaired) electrons. The second-order valence-electron chi connectivity index (χ2n) is 4.28. The van der Waals surface area contributed by atoms with Crippen molar-refractivity contribution in [2.75, 3.05) is 13.7 Å². The summed E-state index contributed by atoms with van der Waals surface area (Å²) in [6.07, 6.45) is 3.34. The van der Waals surface area contributed by atoms with E-state index in [9.17, 15) is 14.4 Å². The maximum absolute atomic E-state index is 12.2. The molecule has 0 aliphatic rings. The number of rotatable bonds is 5. The van der Waals surface area contributed by atoms with E-state index < -0.39 is 11.9 Å². The van der Waals surface area contributed by atoms with Crippen molar-refractivity contribution in [3.8, 4) is 0 Å². The van der Waals surface area contributed by atoms with E-state index in [0.717, 1.165) is 12.2 Å². The summed E-state index contributed by atoms with van der Waals surface area (Å²) < 4.78 is 10.6. The zero-order valence-electron chi connectivity index (χ0n) is 11.9. The highest BCUT2D eigenvalue weighted by atomic mass is 16.5. The molecule has 7 nitrogen and oxygen atoms in total. The first-order valence-corrected chi connectivity index (χ1v) is 6.49. The molecular weight excluding hydrogens is 288 g/mol. The fourth-order valence-electron chi connectivity index (χ4n) is 1.76. The van der Waals surface area contributed by atoms with Gasteiger partial charge in [-0.3, -0.25) is 9.36 Å². The molecule has 0 aliphatic heterocycles. The third-order valence-corrected chi connectivity index (χ3v) is 2.86. The standard InChI is InChI=1S/C15H14N2O5/c1-21-13(18)6-7-14(19)22-9-8-17-10-16-12-5-3-2-4-11(12)15(17)20/h2-7,10H,8-9H2,1H3/b7-6+. The number of fused-ring (bicyclic) bond motifs is 1. The molecule has 0 spiro atoms. The second-order valence-corrected chi connectivity index (χ2v) is 4.28. The molecule has 2 aromatic rings. The highest BCUT2D eigenvalue weighted by Crippen LogP contribution is 2.04. The Hall–Kier alpha value is -2.96. The molecule has 22 heavy (non-hydrogen) atoms. The number of para-hydroxylation sites is 1. The minimum Gasteiger partial charge on any atom is -0.466 e. The third kappa shape index (κ3) is 3.78. The van der Waals surface area contributed by atoms with Crippen LogP contribution in [0.1, 0.15) is 0 Å². The summed E-state index contributed by atoms with van der Waals surface area (Å²) in [6, 6.07) is 6.99. The quantitative estimate of drug-likeness (QED) is 0.596. The molecule has 2 rings (SSSR count). The van der Waals surface area contributed by atoms with Crippen LogP contribution in [-0.2, 0) is 25.6 Å². The molecule has 1 aromatic heterocycles. The van der Waals surface area contributed by atoms with Gasteiger partial charge in [0.1, 0.15) is 6.61 Å². The van der Waals surface area contributed by atoms with E-state index in [-0.39, 0.29) is 18.7 Å². The van der Waals surface area contributed by atoms with E-state index >= 15 is 0 Å². The van der Waals surface area contributed by atoms with E-state index in [0.29, 0.717) is 10.9 Å². The van der Waals surface area contributed by atoms with Gasteiger partial charge in [0.05, 0.1) is 30.9 Å². The molecule has 0 fully saturated rings. The van der Waals surface area contributed by atoms with Gasteiger partial charge in [0.2, 0.25) is 0 Å². The maximum Gasteiger partial charge on any atom is 0.331 e. The normalized spacial score (nSPS) is 10.8. The van der Waals surface area contributed by atoms with Crippen LogP contribution in [0.15, 0.2) is 47.5 Å². The first-order valence-electron chi connectivity index (χ1n) is 6.49. The molecule has 114 valence electrons. The summed E-state index contributed by atoms with van der Waals surface area (Å²) in [5.74, 6) is -1.33. The van der Waals surface area contributed by atoms with Crippen molar-refractivity contribution in [3.05, 3.63) is 53.1 Å². The lowest BCUT2D eigenvalue weighted by molar-refractivity contribution is -0.139. The average Bonchev–Trinajstić information content (AvgIpc) is 2.55. The van der Waals surface area contributed by atoms with Gasteiger partial charge in [-0.1, -0.05) is 12.1 Å². The van der Waals surface area contributed by atoms with Gasteiger partial charge in [0, 0.05) is 12.2 Å². The summed E-state index contributed by atoms with van der Waals surface area (Å²) in [5, 5.41) is 0.502. The molecule has 0 atom stereocenters. The zero-order chi connectivity index (χ0) is 15.9. The van der Waals surface area contributed by atoms with Crippen molar-refractivity contribution in [1.29, 1.82) is 0 Å². The summed E-state index contributed by atoms with van der Waals surface area (Å²) in [5.41, 5.74) is 0.411. The van der Waals surface area contributed by atoms with Crippen molar-refractivity contribution in [2.45, 2.75) is 6.54 Å². The number of ether oxygens (including phenoxy) is 2. The third-order valence-electron chi connectivity index (χ3n) is 2.86. The molecule has 0 amide bonds. The van der Waals surface area contributed by atoms with E-state index in [1.165, 1.54) is 18.0 Å². The van der Waals surface area contributed by atoms with Crippen LogP contribution in [0.4, 0.5) is 0 Å². The Labute approximate surface area is 125 Å². The topological polar surface area (TPSA) is 87.5 Å². The minimum atomic E-state index is -0.688. The highest BCUT2D eigenvalue weighted by molar-refractivity contribution is 5.91. The van der Waals surface area contributed by atoms with Gasteiger partial charge in [0.25, 0.3) is 5.56 Å².